The lowest BCUT2D eigenvalue weighted by atomic mass is 9.93. The smallest absolute Gasteiger partial charge is 0.435 e. The number of aromatic nitrogens is 3. The average molecular weight is 678 g/mol. The Morgan fingerprint density at radius 1 is 0.894 bits per heavy atom. The van der Waals surface area contributed by atoms with Crippen molar-refractivity contribution in [1.82, 2.24) is 19.7 Å². The van der Waals surface area contributed by atoms with Gasteiger partial charge in [0.15, 0.2) is 5.69 Å². The van der Waals surface area contributed by atoms with Crippen molar-refractivity contribution in [2.75, 3.05) is 11.4 Å². The van der Waals surface area contributed by atoms with Crippen LogP contribution in [0.15, 0.2) is 36.5 Å². The molecule has 0 radical (unpaired) electrons. The first-order chi connectivity index (χ1) is 21.9. The number of rotatable bonds is 7. The van der Waals surface area contributed by atoms with E-state index in [1.54, 1.807) is 6.07 Å². The van der Waals surface area contributed by atoms with E-state index in [4.69, 9.17) is 4.74 Å². The van der Waals surface area contributed by atoms with Crippen molar-refractivity contribution in [2.45, 2.75) is 89.2 Å². The van der Waals surface area contributed by atoms with Crippen LogP contribution in [0.5, 0.6) is 0 Å². The summed E-state index contributed by atoms with van der Waals surface area (Å²) in [6, 6.07) is 2.58. The van der Waals surface area contributed by atoms with Gasteiger partial charge in [-0.05, 0) is 62.6 Å². The lowest BCUT2D eigenvalue weighted by molar-refractivity contribution is -0.143. The summed E-state index contributed by atoms with van der Waals surface area (Å²) in [6.07, 6.45) is -11.2. The SMILES string of the molecule is CCN(c1ncc(-c2cc(C(F)(F)F)nn2C)cc1CN1C(=O)OC(c2cc(C(F)(F)F)cc(C(F)(F)F)c2)C1C)C1CCCCC1. The van der Waals surface area contributed by atoms with Crippen molar-refractivity contribution < 1.29 is 49.0 Å². The van der Waals surface area contributed by atoms with Gasteiger partial charge in [0.25, 0.3) is 0 Å². The molecule has 0 N–H and O–H groups in total. The molecule has 16 heteroatoms. The van der Waals surface area contributed by atoms with Crippen LogP contribution >= 0.6 is 0 Å². The lowest BCUT2D eigenvalue weighted by Crippen LogP contribution is -2.39. The normalized spacial score (nSPS) is 19.7. The van der Waals surface area contributed by atoms with Crippen molar-refractivity contribution in [1.29, 1.82) is 0 Å². The number of hydrogen-bond acceptors (Lipinski definition) is 5. The van der Waals surface area contributed by atoms with Crippen LogP contribution in [0.1, 0.15) is 80.0 Å². The number of alkyl halides is 9. The van der Waals surface area contributed by atoms with Crippen molar-refractivity contribution in [3.05, 3.63) is 64.5 Å². The average Bonchev–Trinajstić information content (AvgIpc) is 3.53. The summed E-state index contributed by atoms with van der Waals surface area (Å²) in [5.74, 6) is 0.461. The minimum Gasteiger partial charge on any atom is -0.439 e. The number of pyridine rings is 1. The molecule has 47 heavy (non-hydrogen) atoms. The van der Waals surface area contributed by atoms with Crippen LogP contribution in [0, 0.1) is 0 Å². The van der Waals surface area contributed by atoms with E-state index in [2.05, 4.69) is 15.0 Å². The topological polar surface area (TPSA) is 63.5 Å². The fourth-order valence-electron chi connectivity index (χ4n) is 6.35. The number of ether oxygens (including phenoxy) is 1. The van der Waals surface area contributed by atoms with Gasteiger partial charge in [0.1, 0.15) is 11.9 Å². The van der Waals surface area contributed by atoms with Crippen LogP contribution in [-0.2, 0) is 36.9 Å². The number of carbonyl (C=O) groups is 1. The number of halogens is 9. The molecule has 2 aromatic heterocycles. The molecule has 5 rings (SSSR count). The Bertz CT molecular complexity index is 1580. The highest BCUT2D eigenvalue weighted by Gasteiger charge is 2.44. The molecule has 7 nitrogen and oxygen atoms in total. The van der Waals surface area contributed by atoms with Gasteiger partial charge in [0.05, 0.1) is 29.4 Å². The molecule has 2 atom stereocenters. The first kappa shape index (κ1) is 34.4. The van der Waals surface area contributed by atoms with Gasteiger partial charge in [-0.25, -0.2) is 9.78 Å². The summed E-state index contributed by atoms with van der Waals surface area (Å²) < 4.78 is 128. The number of benzene rings is 1. The Kier molecular flexibility index (Phi) is 9.18. The Morgan fingerprint density at radius 2 is 1.51 bits per heavy atom. The van der Waals surface area contributed by atoms with E-state index in [1.165, 1.54) is 25.1 Å². The molecule has 0 bridgehead atoms. The largest absolute Gasteiger partial charge is 0.439 e. The van der Waals surface area contributed by atoms with Gasteiger partial charge in [0.2, 0.25) is 0 Å². The third kappa shape index (κ3) is 7.15. The molecule has 1 saturated carbocycles. The molecule has 1 aliphatic carbocycles. The van der Waals surface area contributed by atoms with Gasteiger partial charge in [-0.1, -0.05) is 19.3 Å². The number of amides is 1. The molecule has 2 fully saturated rings. The number of anilines is 1. The van der Waals surface area contributed by atoms with Gasteiger partial charge >= 0.3 is 24.6 Å². The third-order valence-corrected chi connectivity index (χ3v) is 8.71. The Morgan fingerprint density at radius 3 is 2.04 bits per heavy atom. The van der Waals surface area contributed by atoms with Crippen molar-refractivity contribution >= 4 is 11.9 Å². The van der Waals surface area contributed by atoms with E-state index in [-0.39, 0.29) is 29.9 Å². The molecular formula is C31H32F9N5O2. The predicted molar refractivity (Wildman–Crippen MR) is 152 cm³/mol. The van der Waals surface area contributed by atoms with Gasteiger partial charge in [-0.15, -0.1) is 0 Å². The monoisotopic (exact) mass is 677 g/mol. The Hall–Kier alpha value is -3.98. The van der Waals surface area contributed by atoms with Crippen molar-refractivity contribution in [3.63, 3.8) is 0 Å². The van der Waals surface area contributed by atoms with Crippen LogP contribution in [-0.4, -0.2) is 44.4 Å². The summed E-state index contributed by atoms with van der Waals surface area (Å²) in [6.45, 7) is 3.64. The predicted octanol–water partition coefficient (Wildman–Crippen LogP) is 8.78. The second kappa shape index (κ2) is 12.6. The van der Waals surface area contributed by atoms with E-state index >= 15 is 0 Å². The molecule has 0 spiro atoms. The Balaban J connectivity index is 1.55. The van der Waals surface area contributed by atoms with Crippen LogP contribution in [0.2, 0.25) is 0 Å². The number of nitrogens with zero attached hydrogens (tertiary/aromatic N) is 5. The first-order valence-electron chi connectivity index (χ1n) is 15.0. The van der Waals surface area contributed by atoms with Crippen LogP contribution in [0.4, 0.5) is 50.1 Å². The zero-order chi connectivity index (χ0) is 34.5. The fourth-order valence-corrected chi connectivity index (χ4v) is 6.35. The minimum atomic E-state index is -5.09. The highest BCUT2D eigenvalue weighted by atomic mass is 19.4. The summed E-state index contributed by atoms with van der Waals surface area (Å²) in [5.41, 5.74) is -3.90. The quantitative estimate of drug-likeness (QED) is 0.234. The Labute approximate surface area is 264 Å². The fraction of sp³-hybridized carbons (Fsp3) is 0.516. The maximum Gasteiger partial charge on any atom is 0.435 e. The molecule has 256 valence electrons. The lowest BCUT2D eigenvalue weighted by Gasteiger charge is -2.36. The highest BCUT2D eigenvalue weighted by molar-refractivity contribution is 5.72. The number of cyclic esters (lactones) is 1. The van der Waals surface area contributed by atoms with Crippen LogP contribution in [0.25, 0.3) is 11.3 Å². The van der Waals surface area contributed by atoms with Gasteiger partial charge < -0.3 is 9.64 Å². The summed E-state index contributed by atoms with van der Waals surface area (Å²) in [4.78, 5) is 21.1. The van der Waals surface area contributed by atoms with Gasteiger partial charge in [-0.3, -0.25) is 9.58 Å². The summed E-state index contributed by atoms with van der Waals surface area (Å²) in [5, 5.41) is 3.56. The molecule has 3 heterocycles. The van der Waals surface area contributed by atoms with Crippen LogP contribution in [0.3, 0.4) is 0 Å². The van der Waals surface area contributed by atoms with E-state index in [0.29, 0.717) is 30.1 Å². The molecule has 3 aromatic rings. The van der Waals surface area contributed by atoms with Crippen molar-refractivity contribution in [2.24, 2.45) is 7.05 Å². The number of carbonyl (C=O) groups excluding carboxylic acids is 1. The number of hydrogen-bond donors (Lipinski definition) is 0. The van der Waals surface area contributed by atoms with E-state index in [9.17, 15) is 44.3 Å². The molecule has 1 aliphatic heterocycles. The molecule has 2 unspecified atom stereocenters. The number of aryl methyl sites for hydroxylation is 1. The van der Waals surface area contributed by atoms with Crippen molar-refractivity contribution in [3.8, 4) is 11.3 Å². The molecular weight excluding hydrogens is 645 g/mol. The third-order valence-electron chi connectivity index (χ3n) is 8.71. The maximum atomic E-state index is 13.6. The summed E-state index contributed by atoms with van der Waals surface area (Å²) >= 11 is 0. The second-order valence-electron chi connectivity index (χ2n) is 11.8. The zero-order valence-electron chi connectivity index (χ0n) is 25.6. The maximum absolute atomic E-state index is 13.6. The van der Waals surface area contributed by atoms with Gasteiger partial charge in [-0.2, -0.15) is 44.6 Å². The molecule has 1 aromatic carbocycles. The first-order valence-corrected chi connectivity index (χ1v) is 15.0. The van der Waals surface area contributed by atoms with Crippen LogP contribution < -0.4 is 4.90 Å². The molecule has 1 saturated heterocycles. The van der Waals surface area contributed by atoms with E-state index in [0.717, 1.165) is 42.9 Å². The standard InChI is InChI=1S/C31H32F9N5O2/c1-4-44(23-8-6-5-7-9-23)27-20(10-19(15-41-27)24-14-25(31(38,39)40)42-43(24)3)16-45-17(2)26(47-28(45)46)18-11-21(29(32,33)34)13-22(12-18)30(35,36)37/h10-15,17,23,26H,4-9,16H2,1-3H3. The summed E-state index contributed by atoms with van der Waals surface area (Å²) in [7, 11) is 1.34. The minimum absolute atomic E-state index is 0.000608. The molecule has 2 aliphatic rings. The van der Waals surface area contributed by atoms with E-state index in [1.807, 2.05) is 6.92 Å². The highest BCUT2D eigenvalue weighted by Crippen LogP contribution is 2.42. The molecule has 1 amide bonds. The van der Waals surface area contributed by atoms with E-state index < -0.39 is 59.2 Å². The van der Waals surface area contributed by atoms with Gasteiger partial charge in [0, 0.05) is 37.0 Å². The second-order valence-corrected chi connectivity index (χ2v) is 11.8. The zero-order valence-corrected chi connectivity index (χ0v) is 25.6.